The van der Waals surface area contributed by atoms with Crippen LogP contribution in [-0.2, 0) is 4.79 Å². The van der Waals surface area contributed by atoms with Crippen molar-refractivity contribution >= 4 is 5.97 Å². The molecule has 1 rings (SSSR count). The van der Waals surface area contributed by atoms with E-state index in [4.69, 9.17) is 9.84 Å². The number of hydrogen-bond donors (Lipinski definition) is 1. The third kappa shape index (κ3) is 2.29. The van der Waals surface area contributed by atoms with Crippen LogP contribution in [0.2, 0.25) is 0 Å². The lowest BCUT2D eigenvalue weighted by Gasteiger charge is -2.13. The minimum absolute atomic E-state index is 0.478. The zero-order valence-electron chi connectivity index (χ0n) is 9.50. The summed E-state index contributed by atoms with van der Waals surface area (Å²) >= 11 is 0. The van der Waals surface area contributed by atoms with Crippen LogP contribution in [0.25, 0.3) is 0 Å². The molecule has 15 heavy (non-hydrogen) atoms. The highest BCUT2D eigenvalue weighted by molar-refractivity contribution is 5.75. The SMILES string of the molecule is COc1c(C)cc(C(C)C(=O)O)cc1C. The molecule has 0 aromatic heterocycles. The van der Waals surface area contributed by atoms with Crippen LogP contribution in [0.5, 0.6) is 5.75 Å². The van der Waals surface area contributed by atoms with Crippen LogP contribution >= 0.6 is 0 Å². The average molecular weight is 208 g/mol. The Morgan fingerprint density at radius 3 is 2.13 bits per heavy atom. The smallest absolute Gasteiger partial charge is 0.310 e. The summed E-state index contributed by atoms with van der Waals surface area (Å²) in [5.74, 6) is -0.455. The van der Waals surface area contributed by atoms with Gasteiger partial charge in [0.1, 0.15) is 5.75 Å². The van der Waals surface area contributed by atoms with Crippen molar-refractivity contribution in [1.82, 2.24) is 0 Å². The fraction of sp³-hybridized carbons (Fsp3) is 0.417. The molecule has 0 heterocycles. The van der Waals surface area contributed by atoms with E-state index >= 15 is 0 Å². The number of hydrogen-bond acceptors (Lipinski definition) is 2. The maximum atomic E-state index is 10.8. The highest BCUT2D eigenvalue weighted by Crippen LogP contribution is 2.27. The van der Waals surface area contributed by atoms with Crippen molar-refractivity contribution in [3.63, 3.8) is 0 Å². The fourth-order valence-corrected chi connectivity index (χ4v) is 1.70. The molecule has 1 aromatic rings. The Balaban J connectivity index is 3.19. The number of carbonyl (C=O) groups is 1. The summed E-state index contributed by atoms with van der Waals surface area (Å²) < 4.78 is 5.22. The molecule has 0 bridgehead atoms. The molecule has 1 atom stereocenters. The minimum Gasteiger partial charge on any atom is -0.496 e. The van der Waals surface area contributed by atoms with E-state index in [1.807, 2.05) is 26.0 Å². The highest BCUT2D eigenvalue weighted by atomic mass is 16.5. The van der Waals surface area contributed by atoms with E-state index < -0.39 is 11.9 Å². The molecule has 0 saturated heterocycles. The Kier molecular flexibility index (Phi) is 3.35. The minimum atomic E-state index is -0.807. The largest absolute Gasteiger partial charge is 0.496 e. The number of rotatable bonds is 3. The molecule has 3 nitrogen and oxygen atoms in total. The van der Waals surface area contributed by atoms with Gasteiger partial charge in [0, 0.05) is 0 Å². The monoisotopic (exact) mass is 208 g/mol. The van der Waals surface area contributed by atoms with Crippen LogP contribution < -0.4 is 4.74 Å². The van der Waals surface area contributed by atoms with E-state index in [2.05, 4.69) is 0 Å². The summed E-state index contributed by atoms with van der Waals surface area (Å²) in [5.41, 5.74) is 2.76. The lowest BCUT2D eigenvalue weighted by Crippen LogP contribution is -2.08. The van der Waals surface area contributed by atoms with Crippen molar-refractivity contribution in [1.29, 1.82) is 0 Å². The normalized spacial score (nSPS) is 12.3. The van der Waals surface area contributed by atoms with E-state index in [1.165, 1.54) is 0 Å². The van der Waals surface area contributed by atoms with Crippen molar-refractivity contribution in [2.24, 2.45) is 0 Å². The second-order valence-electron chi connectivity index (χ2n) is 3.75. The first-order valence-corrected chi connectivity index (χ1v) is 4.85. The molecule has 0 aliphatic heterocycles. The van der Waals surface area contributed by atoms with E-state index in [1.54, 1.807) is 14.0 Å². The predicted octanol–water partition coefficient (Wildman–Crippen LogP) is 2.50. The van der Waals surface area contributed by atoms with Gasteiger partial charge in [-0.3, -0.25) is 4.79 Å². The molecular weight excluding hydrogens is 192 g/mol. The van der Waals surface area contributed by atoms with E-state index in [9.17, 15) is 4.79 Å². The molecule has 0 aliphatic rings. The summed E-state index contributed by atoms with van der Waals surface area (Å²) in [7, 11) is 1.62. The van der Waals surface area contributed by atoms with Crippen LogP contribution in [0.4, 0.5) is 0 Å². The maximum Gasteiger partial charge on any atom is 0.310 e. The first kappa shape index (κ1) is 11.6. The number of aryl methyl sites for hydroxylation is 2. The van der Waals surface area contributed by atoms with Gasteiger partial charge in [-0.25, -0.2) is 0 Å². The molecule has 0 fully saturated rings. The summed E-state index contributed by atoms with van der Waals surface area (Å²) in [6.45, 7) is 5.52. The van der Waals surface area contributed by atoms with Crippen LogP contribution in [0.1, 0.15) is 29.5 Å². The zero-order chi connectivity index (χ0) is 11.6. The number of aliphatic carboxylic acids is 1. The van der Waals surface area contributed by atoms with Crippen LogP contribution in [0.3, 0.4) is 0 Å². The van der Waals surface area contributed by atoms with Crippen LogP contribution in [0, 0.1) is 13.8 Å². The summed E-state index contributed by atoms with van der Waals surface area (Å²) in [4.78, 5) is 10.8. The third-order valence-corrected chi connectivity index (χ3v) is 2.56. The average Bonchev–Trinajstić information content (AvgIpc) is 2.15. The summed E-state index contributed by atoms with van der Waals surface area (Å²) in [6, 6.07) is 3.73. The highest BCUT2D eigenvalue weighted by Gasteiger charge is 2.16. The predicted molar refractivity (Wildman–Crippen MR) is 58.5 cm³/mol. The van der Waals surface area contributed by atoms with Gasteiger partial charge in [0.15, 0.2) is 0 Å². The molecule has 82 valence electrons. The molecule has 3 heteroatoms. The Bertz CT molecular complexity index is 359. The molecule has 1 unspecified atom stereocenters. The Labute approximate surface area is 89.7 Å². The molecule has 0 amide bonds. The molecule has 0 spiro atoms. The lowest BCUT2D eigenvalue weighted by atomic mass is 9.96. The van der Waals surface area contributed by atoms with Gasteiger partial charge in [-0.15, -0.1) is 0 Å². The van der Waals surface area contributed by atoms with Gasteiger partial charge < -0.3 is 9.84 Å². The molecule has 1 N–H and O–H groups in total. The maximum absolute atomic E-state index is 10.8. The molecule has 0 radical (unpaired) electrons. The lowest BCUT2D eigenvalue weighted by molar-refractivity contribution is -0.138. The number of carboxylic acid groups (broad SMARTS) is 1. The van der Waals surface area contributed by atoms with Gasteiger partial charge in [-0.1, -0.05) is 12.1 Å². The van der Waals surface area contributed by atoms with Crippen molar-refractivity contribution < 1.29 is 14.6 Å². The number of methoxy groups -OCH3 is 1. The van der Waals surface area contributed by atoms with Crippen LogP contribution in [0.15, 0.2) is 12.1 Å². The Hall–Kier alpha value is -1.51. The van der Waals surface area contributed by atoms with Crippen molar-refractivity contribution in [3.8, 4) is 5.75 Å². The second-order valence-corrected chi connectivity index (χ2v) is 3.75. The van der Waals surface area contributed by atoms with E-state index in [0.29, 0.717) is 0 Å². The standard InChI is InChI=1S/C12H16O3/c1-7-5-10(9(3)12(13)14)6-8(2)11(7)15-4/h5-6,9H,1-4H3,(H,13,14). The van der Waals surface area contributed by atoms with Crippen molar-refractivity contribution in [2.45, 2.75) is 26.7 Å². The third-order valence-electron chi connectivity index (χ3n) is 2.56. The topological polar surface area (TPSA) is 46.5 Å². The zero-order valence-corrected chi connectivity index (χ0v) is 9.50. The first-order chi connectivity index (χ1) is 6.97. The molecule has 0 aliphatic carbocycles. The van der Waals surface area contributed by atoms with Crippen molar-refractivity contribution in [3.05, 3.63) is 28.8 Å². The van der Waals surface area contributed by atoms with Crippen LogP contribution in [-0.4, -0.2) is 18.2 Å². The Morgan fingerprint density at radius 1 is 1.33 bits per heavy atom. The van der Waals surface area contributed by atoms with Gasteiger partial charge in [0.2, 0.25) is 0 Å². The van der Waals surface area contributed by atoms with E-state index in [0.717, 1.165) is 22.4 Å². The quantitative estimate of drug-likeness (QED) is 0.830. The van der Waals surface area contributed by atoms with Gasteiger partial charge in [0.05, 0.1) is 13.0 Å². The number of ether oxygens (including phenoxy) is 1. The Morgan fingerprint density at radius 2 is 1.80 bits per heavy atom. The number of benzene rings is 1. The van der Waals surface area contributed by atoms with Crippen molar-refractivity contribution in [2.75, 3.05) is 7.11 Å². The number of carboxylic acids is 1. The fourth-order valence-electron chi connectivity index (χ4n) is 1.70. The molecule has 1 aromatic carbocycles. The first-order valence-electron chi connectivity index (χ1n) is 4.85. The van der Waals surface area contributed by atoms with Gasteiger partial charge in [0.25, 0.3) is 0 Å². The van der Waals surface area contributed by atoms with E-state index in [-0.39, 0.29) is 0 Å². The van der Waals surface area contributed by atoms with Gasteiger partial charge in [-0.05, 0) is 37.5 Å². The summed E-state index contributed by atoms with van der Waals surface area (Å²) in [6.07, 6.45) is 0. The second kappa shape index (κ2) is 4.34. The van der Waals surface area contributed by atoms with Gasteiger partial charge in [-0.2, -0.15) is 0 Å². The molecular formula is C12H16O3. The van der Waals surface area contributed by atoms with Gasteiger partial charge >= 0.3 is 5.97 Å². The summed E-state index contributed by atoms with van der Waals surface area (Å²) in [5, 5.41) is 8.91. The molecule has 0 saturated carbocycles.